The zero-order valence-corrected chi connectivity index (χ0v) is 19.9. The third-order valence-corrected chi connectivity index (χ3v) is 4.26. The Morgan fingerprint density at radius 2 is 1.91 bits per heavy atom. The van der Waals surface area contributed by atoms with Crippen molar-refractivity contribution < 1.29 is 38.1 Å². The summed E-state index contributed by atoms with van der Waals surface area (Å²) in [5.74, 6) is -1.62. The molecule has 180 valence electrons. The number of carbonyl (C=O) groups excluding carboxylic acids is 3. The first-order valence-corrected chi connectivity index (χ1v) is 10.4. The zero-order chi connectivity index (χ0) is 24.3. The van der Waals surface area contributed by atoms with Crippen LogP contribution >= 0.6 is 0 Å². The van der Waals surface area contributed by atoms with Crippen LogP contribution in [0.2, 0.25) is 0 Å². The molecule has 1 amide bonds. The first kappa shape index (κ1) is 27.2. The topological polar surface area (TPSA) is 122 Å². The van der Waals surface area contributed by atoms with Crippen molar-refractivity contribution in [3.05, 3.63) is 18.0 Å². The van der Waals surface area contributed by atoms with Gasteiger partial charge in [0.05, 0.1) is 12.7 Å². The molecule has 0 aromatic carbocycles. The number of hydrogen-bond donors (Lipinski definition) is 1. The van der Waals surface area contributed by atoms with Crippen molar-refractivity contribution in [1.82, 2.24) is 10.3 Å². The van der Waals surface area contributed by atoms with Crippen LogP contribution in [0.4, 0.5) is 0 Å². The molecule has 10 heteroatoms. The molecule has 0 saturated carbocycles. The smallest absolute Gasteiger partial charge is 0.328 e. The predicted octanol–water partition coefficient (Wildman–Crippen LogP) is 2.63. The molecule has 0 unspecified atom stereocenters. The van der Waals surface area contributed by atoms with E-state index in [1.165, 1.54) is 33.2 Å². The van der Waals surface area contributed by atoms with Crippen molar-refractivity contribution in [2.24, 2.45) is 0 Å². The maximum atomic E-state index is 12.7. The van der Waals surface area contributed by atoms with E-state index >= 15 is 0 Å². The number of esters is 2. The molecule has 0 radical (unpaired) electrons. The molecule has 1 N–H and O–H groups in total. The molecule has 1 rings (SSSR count). The van der Waals surface area contributed by atoms with E-state index < -0.39 is 42.4 Å². The van der Waals surface area contributed by atoms with E-state index in [-0.39, 0.29) is 17.2 Å². The fourth-order valence-electron chi connectivity index (χ4n) is 2.86. The van der Waals surface area contributed by atoms with Crippen LogP contribution in [0.1, 0.15) is 64.9 Å². The van der Waals surface area contributed by atoms with Gasteiger partial charge in [0, 0.05) is 32.2 Å². The van der Waals surface area contributed by atoms with Gasteiger partial charge in [0.25, 0.3) is 5.91 Å². The number of pyridine rings is 1. The van der Waals surface area contributed by atoms with Gasteiger partial charge in [0.1, 0.15) is 12.1 Å². The molecule has 2 atom stereocenters. The van der Waals surface area contributed by atoms with Crippen molar-refractivity contribution >= 4 is 17.8 Å². The van der Waals surface area contributed by atoms with Crippen LogP contribution in [0.25, 0.3) is 0 Å². The Balaban J connectivity index is 2.78. The highest BCUT2D eigenvalue weighted by atomic mass is 16.7. The maximum Gasteiger partial charge on any atom is 0.328 e. The molecule has 10 nitrogen and oxygen atoms in total. The average Bonchev–Trinajstić information content (AvgIpc) is 2.71. The van der Waals surface area contributed by atoms with Crippen LogP contribution in [0, 0.1) is 0 Å². The van der Waals surface area contributed by atoms with Crippen LogP contribution in [0.3, 0.4) is 0 Å². The summed E-state index contributed by atoms with van der Waals surface area (Å²) >= 11 is 0. The molecule has 0 aliphatic rings. The minimum atomic E-state index is -0.945. The zero-order valence-electron chi connectivity index (χ0n) is 19.9. The molecule has 1 heterocycles. The summed E-state index contributed by atoms with van der Waals surface area (Å²) in [6, 6.07) is 0.542. The maximum absolute atomic E-state index is 12.7. The molecular formula is C22H34N2O8. The molecule has 1 aromatic rings. The molecule has 0 aliphatic heterocycles. The van der Waals surface area contributed by atoms with Crippen LogP contribution in [-0.2, 0) is 23.8 Å². The minimum Gasteiger partial charge on any atom is -0.493 e. The lowest BCUT2D eigenvalue weighted by Gasteiger charge is -2.28. The molecule has 0 saturated heterocycles. The molecule has 32 heavy (non-hydrogen) atoms. The van der Waals surface area contributed by atoms with Crippen molar-refractivity contribution in [1.29, 1.82) is 0 Å². The highest BCUT2D eigenvalue weighted by Gasteiger charge is 2.27. The summed E-state index contributed by atoms with van der Waals surface area (Å²) in [7, 11) is 1.39. The van der Waals surface area contributed by atoms with Gasteiger partial charge in [-0.25, -0.2) is 9.78 Å². The Kier molecular flexibility index (Phi) is 10.9. The number of aromatic nitrogens is 1. The van der Waals surface area contributed by atoms with Gasteiger partial charge in [-0.1, -0.05) is 6.92 Å². The largest absolute Gasteiger partial charge is 0.493 e. The van der Waals surface area contributed by atoms with Crippen molar-refractivity contribution in [3.63, 3.8) is 0 Å². The fourth-order valence-corrected chi connectivity index (χ4v) is 2.86. The van der Waals surface area contributed by atoms with Gasteiger partial charge in [-0.05, 0) is 34.1 Å². The van der Waals surface area contributed by atoms with Gasteiger partial charge in [-0.3, -0.25) is 9.59 Å². The van der Waals surface area contributed by atoms with E-state index in [0.29, 0.717) is 13.0 Å². The summed E-state index contributed by atoms with van der Waals surface area (Å²) in [5.41, 5.74) is -0.570. The molecule has 0 aliphatic carbocycles. The second kappa shape index (κ2) is 12.8. The van der Waals surface area contributed by atoms with Gasteiger partial charge in [0.2, 0.25) is 6.79 Å². The molecule has 1 aromatic heterocycles. The molecular weight excluding hydrogens is 420 g/mol. The van der Waals surface area contributed by atoms with Gasteiger partial charge in [-0.2, -0.15) is 0 Å². The predicted molar refractivity (Wildman–Crippen MR) is 115 cm³/mol. The monoisotopic (exact) mass is 454 g/mol. The highest BCUT2D eigenvalue weighted by molar-refractivity contribution is 5.98. The number of hydrogen-bond acceptors (Lipinski definition) is 9. The SMILES string of the molecule is CCCOC(C)(C)C[C@H](C)OC(=O)[C@H](C)NC(=O)c1nccc(OC)c1OCOC(C)=O. The number of methoxy groups -OCH3 is 1. The summed E-state index contributed by atoms with van der Waals surface area (Å²) in [5, 5.41) is 2.54. The van der Waals surface area contributed by atoms with Crippen LogP contribution in [-0.4, -0.2) is 61.1 Å². The Bertz CT molecular complexity index is 781. The van der Waals surface area contributed by atoms with Crippen molar-refractivity contribution in [2.75, 3.05) is 20.5 Å². The molecule has 0 spiro atoms. The number of carbonyl (C=O) groups is 3. The number of rotatable bonds is 13. The second-order valence-electron chi connectivity index (χ2n) is 7.84. The lowest BCUT2D eigenvalue weighted by Crippen LogP contribution is -2.42. The Labute approximate surface area is 188 Å². The molecule has 0 bridgehead atoms. The quantitative estimate of drug-likeness (QED) is 0.354. The number of nitrogens with zero attached hydrogens (tertiary/aromatic N) is 1. The Morgan fingerprint density at radius 3 is 2.50 bits per heavy atom. The van der Waals surface area contributed by atoms with Crippen LogP contribution < -0.4 is 14.8 Å². The Hall–Kier alpha value is -2.88. The van der Waals surface area contributed by atoms with E-state index in [1.807, 2.05) is 20.8 Å². The van der Waals surface area contributed by atoms with E-state index in [2.05, 4.69) is 10.3 Å². The Morgan fingerprint density at radius 1 is 1.22 bits per heavy atom. The standard InChI is InChI=1S/C22H34N2O8/c1-8-11-31-22(5,6)12-14(2)32-21(27)15(3)24-20(26)18-19(30-13-29-16(4)25)17(28-7)9-10-23-18/h9-10,14-15H,8,11-13H2,1-7H3,(H,24,26)/t14-,15-/m0/s1. The summed E-state index contributed by atoms with van der Waals surface area (Å²) in [6.07, 6.45) is 2.35. The van der Waals surface area contributed by atoms with E-state index in [0.717, 1.165) is 6.42 Å². The van der Waals surface area contributed by atoms with E-state index in [9.17, 15) is 14.4 Å². The number of amides is 1. The lowest BCUT2D eigenvalue weighted by molar-refractivity contribution is -0.153. The third kappa shape index (κ3) is 9.09. The summed E-state index contributed by atoms with van der Waals surface area (Å²) in [6.45, 7) is 10.6. The second-order valence-corrected chi connectivity index (χ2v) is 7.84. The van der Waals surface area contributed by atoms with Gasteiger partial charge in [-0.15, -0.1) is 0 Å². The van der Waals surface area contributed by atoms with Crippen LogP contribution in [0.15, 0.2) is 12.3 Å². The third-order valence-electron chi connectivity index (χ3n) is 4.26. The number of nitrogens with one attached hydrogen (secondary N) is 1. The van der Waals surface area contributed by atoms with E-state index in [4.69, 9.17) is 23.7 Å². The first-order chi connectivity index (χ1) is 15.0. The van der Waals surface area contributed by atoms with Gasteiger partial charge in [0.15, 0.2) is 17.2 Å². The van der Waals surface area contributed by atoms with Gasteiger partial charge >= 0.3 is 11.9 Å². The highest BCUT2D eigenvalue weighted by Crippen LogP contribution is 2.29. The first-order valence-electron chi connectivity index (χ1n) is 10.4. The lowest BCUT2D eigenvalue weighted by atomic mass is 10.0. The van der Waals surface area contributed by atoms with E-state index in [1.54, 1.807) is 6.92 Å². The average molecular weight is 455 g/mol. The summed E-state index contributed by atoms with van der Waals surface area (Å²) < 4.78 is 26.5. The van der Waals surface area contributed by atoms with Crippen molar-refractivity contribution in [3.8, 4) is 11.5 Å². The summed E-state index contributed by atoms with van der Waals surface area (Å²) in [4.78, 5) is 40.2. The minimum absolute atomic E-state index is 0.0162. The normalized spacial score (nSPS) is 13.0. The molecule has 0 fully saturated rings. The van der Waals surface area contributed by atoms with Crippen LogP contribution in [0.5, 0.6) is 11.5 Å². The number of ether oxygens (including phenoxy) is 5. The van der Waals surface area contributed by atoms with Crippen molar-refractivity contribution in [2.45, 2.75) is 72.1 Å². The fraction of sp³-hybridized carbons (Fsp3) is 0.636. The van der Waals surface area contributed by atoms with Gasteiger partial charge < -0.3 is 29.0 Å².